The number of thioether (sulfide) groups is 1. The van der Waals surface area contributed by atoms with Crippen LogP contribution in [0.1, 0.15) is 11.1 Å². The number of methoxy groups -OCH3 is 1. The number of nitrogens with zero attached hydrogens (tertiary/aromatic N) is 2. The number of fused-ring (bicyclic) bond motifs is 1. The van der Waals surface area contributed by atoms with Gasteiger partial charge in [0.15, 0.2) is 5.16 Å². The van der Waals surface area contributed by atoms with Crippen LogP contribution in [-0.2, 0) is 9.53 Å². The number of carbonyl (C=O) groups excluding carboxylic acids is 1. The van der Waals surface area contributed by atoms with Gasteiger partial charge in [0.2, 0.25) is 0 Å². The number of esters is 1. The maximum atomic E-state index is 13.2. The van der Waals surface area contributed by atoms with Crippen molar-refractivity contribution >= 4 is 28.6 Å². The highest BCUT2D eigenvalue weighted by Crippen LogP contribution is 2.25. The zero-order chi connectivity index (χ0) is 18.0. The molecule has 1 aromatic heterocycles. The van der Waals surface area contributed by atoms with Gasteiger partial charge in [-0.2, -0.15) is 0 Å². The quantitative estimate of drug-likeness (QED) is 0.409. The van der Waals surface area contributed by atoms with Gasteiger partial charge in [-0.05, 0) is 37.1 Å². The number of hydrogen-bond donors (Lipinski definition) is 0. The van der Waals surface area contributed by atoms with Crippen LogP contribution < -0.4 is 5.56 Å². The Morgan fingerprint density at radius 1 is 1.12 bits per heavy atom. The molecule has 128 valence electrons. The molecule has 0 aliphatic heterocycles. The summed E-state index contributed by atoms with van der Waals surface area (Å²) in [7, 11) is 1.34. The van der Waals surface area contributed by atoms with Crippen LogP contribution in [0.15, 0.2) is 52.4 Å². The van der Waals surface area contributed by atoms with Crippen LogP contribution in [0.5, 0.6) is 0 Å². The van der Waals surface area contributed by atoms with Crippen molar-refractivity contribution in [3.8, 4) is 5.69 Å². The van der Waals surface area contributed by atoms with Gasteiger partial charge in [-0.15, -0.1) is 0 Å². The summed E-state index contributed by atoms with van der Waals surface area (Å²) >= 11 is 1.20. The summed E-state index contributed by atoms with van der Waals surface area (Å²) in [6.07, 6.45) is 0. The van der Waals surface area contributed by atoms with Gasteiger partial charge in [0, 0.05) is 0 Å². The van der Waals surface area contributed by atoms with E-state index in [0.717, 1.165) is 16.8 Å². The van der Waals surface area contributed by atoms with E-state index in [1.54, 1.807) is 16.7 Å². The van der Waals surface area contributed by atoms with Crippen LogP contribution >= 0.6 is 11.8 Å². The molecule has 0 atom stereocenters. The normalized spacial score (nSPS) is 10.8. The fourth-order valence-corrected chi connectivity index (χ4v) is 3.58. The Hall–Kier alpha value is -2.60. The molecule has 0 N–H and O–H groups in total. The standard InChI is InChI=1S/C19H18N2O3S/c1-12-7-6-8-13(2)17(12)21-18(23)14-9-4-5-10-15(14)20-19(21)25-11-16(22)24-3/h4-10H,11H2,1-3H3. The van der Waals surface area contributed by atoms with Crippen LogP contribution in [-0.4, -0.2) is 28.4 Å². The van der Waals surface area contributed by atoms with E-state index in [0.29, 0.717) is 16.1 Å². The minimum absolute atomic E-state index is 0.0895. The lowest BCUT2D eigenvalue weighted by Gasteiger charge is -2.17. The monoisotopic (exact) mass is 354 g/mol. The molecule has 2 aromatic carbocycles. The van der Waals surface area contributed by atoms with Gasteiger partial charge in [-0.3, -0.25) is 14.2 Å². The summed E-state index contributed by atoms with van der Waals surface area (Å²) in [6, 6.07) is 13.1. The lowest BCUT2D eigenvalue weighted by Crippen LogP contribution is -2.23. The number of hydrogen-bond acceptors (Lipinski definition) is 5. The van der Waals surface area contributed by atoms with Gasteiger partial charge in [0.25, 0.3) is 5.56 Å². The van der Waals surface area contributed by atoms with Crippen LogP contribution in [0.4, 0.5) is 0 Å². The number of aromatic nitrogens is 2. The smallest absolute Gasteiger partial charge is 0.316 e. The van der Waals surface area contributed by atoms with Crippen LogP contribution in [0.25, 0.3) is 16.6 Å². The minimum Gasteiger partial charge on any atom is -0.468 e. The molecule has 3 rings (SSSR count). The average molecular weight is 354 g/mol. The maximum absolute atomic E-state index is 13.2. The van der Waals surface area contributed by atoms with Crippen LogP contribution in [0, 0.1) is 13.8 Å². The van der Waals surface area contributed by atoms with Crippen molar-refractivity contribution in [3.05, 3.63) is 63.9 Å². The predicted octanol–water partition coefficient (Wildman–Crippen LogP) is 3.27. The molecule has 0 fully saturated rings. The molecule has 3 aromatic rings. The van der Waals surface area contributed by atoms with E-state index in [1.807, 2.05) is 44.2 Å². The van der Waals surface area contributed by atoms with E-state index >= 15 is 0 Å². The lowest BCUT2D eigenvalue weighted by atomic mass is 10.1. The molecule has 0 spiro atoms. The van der Waals surface area contributed by atoms with Crippen molar-refractivity contribution in [1.29, 1.82) is 0 Å². The molecule has 0 aliphatic rings. The predicted molar refractivity (Wildman–Crippen MR) is 99.6 cm³/mol. The first-order chi connectivity index (χ1) is 12.0. The van der Waals surface area contributed by atoms with Gasteiger partial charge in [-0.25, -0.2) is 4.98 Å². The first-order valence-corrected chi connectivity index (χ1v) is 8.79. The molecule has 0 amide bonds. The van der Waals surface area contributed by atoms with Gasteiger partial charge in [0.1, 0.15) is 0 Å². The van der Waals surface area contributed by atoms with Gasteiger partial charge in [0.05, 0.1) is 29.5 Å². The van der Waals surface area contributed by atoms with E-state index < -0.39 is 0 Å². The molecule has 25 heavy (non-hydrogen) atoms. The van der Waals surface area contributed by atoms with Crippen molar-refractivity contribution in [3.63, 3.8) is 0 Å². The fourth-order valence-electron chi connectivity index (χ4n) is 2.75. The Bertz CT molecular complexity index is 991. The SMILES string of the molecule is COC(=O)CSc1nc2ccccc2c(=O)n1-c1c(C)cccc1C. The third kappa shape index (κ3) is 3.30. The van der Waals surface area contributed by atoms with Crippen molar-refractivity contribution < 1.29 is 9.53 Å². The number of aryl methyl sites for hydroxylation is 2. The van der Waals surface area contributed by atoms with E-state index in [4.69, 9.17) is 4.74 Å². The molecule has 0 radical (unpaired) electrons. The van der Waals surface area contributed by atoms with E-state index in [-0.39, 0.29) is 17.3 Å². The average Bonchev–Trinajstić information content (AvgIpc) is 2.61. The van der Waals surface area contributed by atoms with Crippen LogP contribution in [0.2, 0.25) is 0 Å². The lowest BCUT2D eigenvalue weighted by molar-refractivity contribution is -0.137. The number of rotatable bonds is 4. The second-order valence-corrected chi connectivity index (χ2v) is 6.60. The molecular formula is C19H18N2O3S. The Balaban J connectivity index is 2.29. The Morgan fingerprint density at radius 2 is 1.80 bits per heavy atom. The maximum Gasteiger partial charge on any atom is 0.316 e. The molecule has 0 saturated carbocycles. The first kappa shape index (κ1) is 17.2. The van der Waals surface area contributed by atoms with Crippen molar-refractivity contribution in [2.45, 2.75) is 19.0 Å². The van der Waals surface area contributed by atoms with E-state index in [9.17, 15) is 9.59 Å². The van der Waals surface area contributed by atoms with Gasteiger partial charge < -0.3 is 4.74 Å². The summed E-state index contributed by atoms with van der Waals surface area (Å²) in [5.41, 5.74) is 3.22. The summed E-state index contributed by atoms with van der Waals surface area (Å²) in [6.45, 7) is 3.91. The molecule has 5 nitrogen and oxygen atoms in total. The van der Waals surface area contributed by atoms with Crippen molar-refractivity contribution in [2.75, 3.05) is 12.9 Å². The summed E-state index contributed by atoms with van der Waals surface area (Å²) in [5, 5.41) is 1.03. The first-order valence-electron chi connectivity index (χ1n) is 7.81. The third-order valence-electron chi connectivity index (χ3n) is 3.95. The second kappa shape index (κ2) is 7.11. The fraction of sp³-hybridized carbons (Fsp3) is 0.211. The van der Waals surface area contributed by atoms with Gasteiger partial charge in [-0.1, -0.05) is 42.1 Å². The number of ether oxygens (including phenoxy) is 1. The Kier molecular flexibility index (Phi) is 4.90. The number of benzene rings is 2. The Morgan fingerprint density at radius 3 is 2.48 bits per heavy atom. The van der Waals surface area contributed by atoms with E-state index in [1.165, 1.54) is 18.9 Å². The van der Waals surface area contributed by atoms with Crippen LogP contribution in [0.3, 0.4) is 0 Å². The molecular weight excluding hydrogens is 336 g/mol. The van der Waals surface area contributed by atoms with Gasteiger partial charge >= 0.3 is 5.97 Å². The number of carbonyl (C=O) groups is 1. The molecule has 6 heteroatoms. The highest BCUT2D eigenvalue weighted by molar-refractivity contribution is 7.99. The van der Waals surface area contributed by atoms with Crippen molar-refractivity contribution in [1.82, 2.24) is 9.55 Å². The largest absolute Gasteiger partial charge is 0.468 e. The highest BCUT2D eigenvalue weighted by atomic mass is 32.2. The van der Waals surface area contributed by atoms with Crippen molar-refractivity contribution in [2.24, 2.45) is 0 Å². The minimum atomic E-state index is -0.361. The zero-order valence-electron chi connectivity index (χ0n) is 14.3. The zero-order valence-corrected chi connectivity index (χ0v) is 15.1. The third-order valence-corrected chi connectivity index (χ3v) is 4.87. The summed E-state index contributed by atoms with van der Waals surface area (Å²) < 4.78 is 6.31. The number of para-hydroxylation sites is 2. The molecule has 0 bridgehead atoms. The Labute approximate surface area is 149 Å². The summed E-state index contributed by atoms with van der Waals surface area (Å²) in [5.74, 6) is -0.271. The molecule has 0 saturated heterocycles. The summed E-state index contributed by atoms with van der Waals surface area (Å²) in [4.78, 5) is 29.3. The molecule has 0 aliphatic carbocycles. The van der Waals surface area contributed by atoms with E-state index in [2.05, 4.69) is 4.98 Å². The second-order valence-electron chi connectivity index (χ2n) is 5.66. The highest BCUT2D eigenvalue weighted by Gasteiger charge is 2.17. The topological polar surface area (TPSA) is 61.2 Å². The molecule has 0 unspecified atom stereocenters. The molecule has 1 heterocycles.